The van der Waals surface area contributed by atoms with Gasteiger partial charge >= 0.3 is 0 Å². The summed E-state index contributed by atoms with van der Waals surface area (Å²) in [6.07, 6.45) is 0. The molecule has 0 atom stereocenters. The molecule has 0 radical (unpaired) electrons. The van der Waals surface area contributed by atoms with E-state index >= 15 is 0 Å². The monoisotopic (exact) mass is 446 g/mol. The van der Waals surface area contributed by atoms with Crippen LogP contribution in [-0.2, 0) is 26.6 Å². The standard InChI is InChI=1S/C21H22N2O5S2/c1-23(16-17-9-5-3-6-10-17)30(26,27)19-13-14-21(28-2)20(15-19)22-29(24,25)18-11-7-4-8-12-18/h3-15,22H,16H2,1-2H3. The lowest BCUT2D eigenvalue weighted by Gasteiger charge is -2.19. The lowest BCUT2D eigenvalue weighted by molar-refractivity contribution is 0.416. The summed E-state index contributed by atoms with van der Waals surface area (Å²) in [5.74, 6) is 0.208. The first-order valence-corrected chi connectivity index (χ1v) is 11.9. The highest BCUT2D eigenvalue weighted by Gasteiger charge is 2.24. The molecule has 9 heteroatoms. The summed E-state index contributed by atoms with van der Waals surface area (Å²) < 4.78 is 60.3. The Kier molecular flexibility index (Phi) is 6.45. The van der Waals surface area contributed by atoms with Gasteiger partial charge in [0.1, 0.15) is 5.75 Å². The van der Waals surface area contributed by atoms with Crippen molar-refractivity contribution < 1.29 is 21.6 Å². The number of anilines is 1. The zero-order valence-electron chi connectivity index (χ0n) is 16.5. The molecule has 0 fully saturated rings. The molecule has 1 N–H and O–H groups in total. The summed E-state index contributed by atoms with van der Waals surface area (Å²) in [5.41, 5.74) is 0.873. The zero-order valence-corrected chi connectivity index (χ0v) is 18.2. The van der Waals surface area contributed by atoms with Crippen molar-refractivity contribution in [1.82, 2.24) is 4.31 Å². The van der Waals surface area contributed by atoms with Crippen molar-refractivity contribution in [3.63, 3.8) is 0 Å². The summed E-state index contributed by atoms with van der Waals surface area (Å²) in [4.78, 5) is 0.00833. The number of sulfonamides is 2. The quantitative estimate of drug-likeness (QED) is 0.573. The third-order valence-electron chi connectivity index (χ3n) is 4.43. The zero-order chi connectivity index (χ0) is 21.8. The molecule has 0 spiro atoms. The number of rotatable bonds is 8. The van der Waals surface area contributed by atoms with Crippen LogP contribution in [0.3, 0.4) is 0 Å². The van der Waals surface area contributed by atoms with Crippen LogP contribution in [0.1, 0.15) is 5.56 Å². The van der Waals surface area contributed by atoms with Crippen molar-refractivity contribution in [3.8, 4) is 5.75 Å². The molecule has 0 unspecified atom stereocenters. The van der Waals surface area contributed by atoms with E-state index in [2.05, 4.69) is 4.72 Å². The van der Waals surface area contributed by atoms with Crippen molar-refractivity contribution in [1.29, 1.82) is 0 Å². The first kappa shape index (κ1) is 21.8. The smallest absolute Gasteiger partial charge is 0.262 e. The Morgan fingerprint density at radius 3 is 2.03 bits per heavy atom. The van der Waals surface area contributed by atoms with Crippen molar-refractivity contribution in [2.24, 2.45) is 0 Å². The van der Waals surface area contributed by atoms with Gasteiger partial charge in [-0.15, -0.1) is 0 Å². The van der Waals surface area contributed by atoms with Crippen LogP contribution in [0.25, 0.3) is 0 Å². The van der Waals surface area contributed by atoms with Crippen LogP contribution in [-0.4, -0.2) is 35.3 Å². The minimum atomic E-state index is -3.92. The molecule has 30 heavy (non-hydrogen) atoms. The van der Waals surface area contributed by atoms with Crippen molar-refractivity contribution in [2.75, 3.05) is 18.9 Å². The second-order valence-corrected chi connectivity index (χ2v) is 10.3. The Bertz CT molecular complexity index is 1210. The largest absolute Gasteiger partial charge is 0.495 e. The number of nitrogens with one attached hydrogen (secondary N) is 1. The third kappa shape index (κ3) is 4.81. The van der Waals surface area contributed by atoms with E-state index in [0.717, 1.165) is 5.56 Å². The van der Waals surface area contributed by atoms with Crippen LogP contribution in [0.2, 0.25) is 0 Å². The van der Waals surface area contributed by atoms with E-state index in [4.69, 9.17) is 4.74 Å². The van der Waals surface area contributed by atoms with Crippen molar-refractivity contribution >= 4 is 25.7 Å². The van der Waals surface area contributed by atoms with Crippen LogP contribution in [0, 0.1) is 0 Å². The number of nitrogens with zero attached hydrogens (tertiary/aromatic N) is 1. The molecule has 7 nitrogen and oxygen atoms in total. The SMILES string of the molecule is COc1ccc(S(=O)(=O)N(C)Cc2ccccc2)cc1NS(=O)(=O)c1ccccc1. The Balaban J connectivity index is 1.93. The maximum Gasteiger partial charge on any atom is 0.262 e. The molecule has 3 aromatic rings. The molecular weight excluding hydrogens is 424 g/mol. The van der Waals surface area contributed by atoms with Crippen molar-refractivity contribution in [3.05, 3.63) is 84.4 Å². The van der Waals surface area contributed by atoms with Gasteiger partial charge in [-0.05, 0) is 35.9 Å². The molecular formula is C21H22N2O5S2. The lowest BCUT2D eigenvalue weighted by Crippen LogP contribution is -2.26. The van der Waals surface area contributed by atoms with Gasteiger partial charge in [-0.1, -0.05) is 48.5 Å². The number of ether oxygens (including phenoxy) is 1. The van der Waals surface area contributed by atoms with E-state index in [1.165, 1.54) is 48.8 Å². The fraction of sp³-hybridized carbons (Fsp3) is 0.143. The highest BCUT2D eigenvalue weighted by atomic mass is 32.2. The van der Waals surface area contributed by atoms with Gasteiger partial charge in [-0.2, -0.15) is 4.31 Å². The molecule has 0 bridgehead atoms. The van der Waals surface area contributed by atoms with Crippen LogP contribution in [0.4, 0.5) is 5.69 Å². The minimum absolute atomic E-state index is 0.0375. The average Bonchev–Trinajstić information content (AvgIpc) is 2.74. The van der Waals surface area contributed by atoms with Crippen LogP contribution >= 0.6 is 0 Å². The average molecular weight is 447 g/mol. The first-order valence-electron chi connectivity index (χ1n) is 9.00. The Hall–Kier alpha value is -2.88. The number of hydrogen-bond donors (Lipinski definition) is 1. The van der Waals surface area contributed by atoms with Gasteiger partial charge in [0.05, 0.1) is 22.6 Å². The van der Waals surface area contributed by atoms with Crippen LogP contribution in [0.5, 0.6) is 5.75 Å². The molecule has 3 rings (SSSR count). The third-order valence-corrected chi connectivity index (χ3v) is 7.61. The van der Waals surface area contributed by atoms with Gasteiger partial charge in [0, 0.05) is 13.6 Å². The Labute approximate surface area is 177 Å². The van der Waals surface area contributed by atoms with E-state index in [1.54, 1.807) is 18.2 Å². The topological polar surface area (TPSA) is 92.8 Å². The Morgan fingerprint density at radius 1 is 0.833 bits per heavy atom. The minimum Gasteiger partial charge on any atom is -0.495 e. The molecule has 3 aromatic carbocycles. The first-order chi connectivity index (χ1) is 14.2. The summed E-state index contributed by atoms with van der Waals surface area (Å²) in [7, 11) is -4.92. The van der Waals surface area contributed by atoms with E-state index in [-0.39, 0.29) is 27.8 Å². The lowest BCUT2D eigenvalue weighted by atomic mass is 10.2. The summed E-state index contributed by atoms with van der Waals surface area (Å²) in [6.45, 7) is 0.181. The predicted octanol–water partition coefficient (Wildman–Crippen LogP) is 3.32. The number of benzene rings is 3. The van der Waals surface area contributed by atoms with Crippen LogP contribution in [0.15, 0.2) is 88.7 Å². The predicted molar refractivity (Wildman–Crippen MR) is 115 cm³/mol. The van der Waals surface area contributed by atoms with E-state index in [0.29, 0.717) is 0 Å². The second kappa shape index (κ2) is 8.86. The van der Waals surface area contributed by atoms with Gasteiger partial charge in [-0.3, -0.25) is 4.72 Å². The Morgan fingerprint density at radius 2 is 1.43 bits per heavy atom. The fourth-order valence-corrected chi connectivity index (χ4v) is 5.10. The molecule has 0 heterocycles. The van der Waals surface area contributed by atoms with E-state index < -0.39 is 20.0 Å². The molecule has 158 valence electrons. The van der Waals surface area contributed by atoms with Crippen molar-refractivity contribution in [2.45, 2.75) is 16.3 Å². The van der Waals surface area contributed by atoms with Gasteiger partial charge < -0.3 is 4.74 Å². The number of methoxy groups -OCH3 is 1. The summed E-state index contributed by atoms with van der Waals surface area (Å²) in [6, 6.07) is 21.1. The van der Waals surface area contributed by atoms with Crippen LogP contribution < -0.4 is 9.46 Å². The normalized spacial score (nSPS) is 12.0. The summed E-state index contributed by atoms with van der Waals surface area (Å²) >= 11 is 0. The fourth-order valence-electron chi connectivity index (χ4n) is 2.84. The molecule has 0 aliphatic carbocycles. The van der Waals surface area contributed by atoms with Gasteiger partial charge in [0.25, 0.3) is 10.0 Å². The maximum atomic E-state index is 13.0. The molecule has 0 saturated heterocycles. The number of hydrogen-bond acceptors (Lipinski definition) is 5. The molecule has 0 aromatic heterocycles. The molecule has 0 amide bonds. The second-order valence-electron chi connectivity index (χ2n) is 6.53. The maximum absolute atomic E-state index is 13.0. The molecule has 0 saturated carbocycles. The highest BCUT2D eigenvalue weighted by Crippen LogP contribution is 2.31. The molecule has 0 aliphatic heterocycles. The van der Waals surface area contributed by atoms with Gasteiger partial charge in [0.2, 0.25) is 10.0 Å². The van der Waals surface area contributed by atoms with Gasteiger partial charge in [0.15, 0.2) is 0 Å². The summed E-state index contributed by atoms with van der Waals surface area (Å²) in [5, 5.41) is 0. The van der Waals surface area contributed by atoms with Gasteiger partial charge in [-0.25, -0.2) is 16.8 Å². The molecule has 0 aliphatic rings. The van der Waals surface area contributed by atoms with E-state index in [9.17, 15) is 16.8 Å². The van der Waals surface area contributed by atoms with E-state index in [1.807, 2.05) is 30.3 Å². The highest BCUT2D eigenvalue weighted by molar-refractivity contribution is 7.92.